The highest BCUT2D eigenvalue weighted by Crippen LogP contribution is 2.34. The van der Waals surface area contributed by atoms with Crippen LogP contribution in [0.25, 0.3) is 0 Å². The molecule has 28 heavy (non-hydrogen) atoms. The maximum absolute atomic E-state index is 12.6. The molecule has 0 fully saturated rings. The van der Waals surface area contributed by atoms with Gasteiger partial charge in [0.05, 0.1) is 26.3 Å². The number of carbonyl (C=O) groups excluding carboxylic acids is 2. The van der Waals surface area contributed by atoms with Crippen LogP contribution in [-0.4, -0.2) is 42.0 Å². The predicted molar refractivity (Wildman–Crippen MR) is 105 cm³/mol. The molecular formula is C20H24N4O4. The van der Waals surface area contributed by atoms with E-state index in [9.17, 15) is 9.59 Å². The highest BCUT2D eigenvalue weighted by Gasteiger charge is 2.29. The molecule has 2 heterocycles. The van der Waals surface area contributed by atoms with Gasteiger partial charge in [0.15, 0.2) is 0 Å². The van der Waals surface area contributed by atoms with E-state index in [0.717, 1.165) is 17.7 Å². The lowest BCUT2D eigenvalue weighted by Crippen LogP contribution is -2.33. The largest absolute Gasteiger partial charge is 0.481 e. The first-order valence-electron chi connectivity index (χ1n) is 9.02. The standard InChI is InChI=1S/C20H24N4O4/c1-11-8-14-9-15(6-7-17(14)24(11)13(3)25)22-18(26)10-16-12(2)21-20(28-5)23-19(16)27-4/h6-7,9,11H,8,10H2,1-5H3,(H,22,26)/t11-/m0/s1. The van der Waals surface area contributed by atoms with Crippen molar-refractivity contribution < 1.29 is 19.1 Å². The van der Waals surface area contributed by atoms with Gasteiger partial charge in [0.1, 0.15) is 0 Å². The second-order valence-electron chi connectivity index (χ2n) is 6.79. The van der Waals surface area contributed by atoms with Crippen molar-refractivity contribution in [1.29, 1.82) is 0 Å². The van der Waals surface area contributed by atoms with Gasteiger partial charge < -0.3 is 19.7 Å². The van der Waals surface area contributed by atoms with Crippen LogP contribution in [0, 0.1) is 6.92 Å². The summed E-state index contributed by atoms with van der Waals surface area (Å²) in [5.41, 5.74) is 3.87. The minimum atomic E-state index is -0.204. The van der Waals surface area contributed by atoms with Gasteiger partial charge in [-0.3, -0.25) is 9.59 Å². The van der Waals surface area contributed by atoms with Crippen LogP contribution in [0.4, 0.5) is 11.4 Å². The Kier molecular flexibility index (Phi) is 5.48. The summed E-state index contributed by atoms with van der Waals surface area (Å²) >= 11 is 0. The average molecular weight is 384 g/mol. The Bertz CT molecular complexity index is 929. The molecule has 1 aliphatic heterocycles. The number of aryl methyl sites for hydroxylation is 1. The lowest BCUT2D eigenvalue weighted by atomic mass is 10.1. The molecule has 0 bridgehead atoms. The highest BCUT2D eigenvalue weighted by atomic mass is 16.5. The number of anilines is 2. The van der Waals surface area contributed by atoms with E-state index in [0.29, 0.717) is 22.8 Å². The van der Waals surface area contributed by atoms with Gasteiger partial charge in [0.25, 0.3) is 0 Å². The Morgan fingerprint density at radius 2 is 2.00 bits per heavy atom. The number of nitrogens with zero attached hydrogens (tertiary/aromatic N) is 3. The molecule has 3 rings (SSSR count). The summed E-state index contributed by atoms with van der Waals surface area (Å²) in [5.74, 6) is 0.133. The number of carbonyl (C=O) groups is 2. The van der Waals surface area contributed by atoms with Crippen LogP contribution in [0.2, 0.25) is 0 Å². The van der Waals surface area contributed by atoms with Crippen molar-refractivity contribution in [2.75, 3.05) is 24.4 Å². The summed E-state index contributed by atoms with van der Waals surface area (Å²) < 4.78 is 10.3. The third-order valence-corrected chi connectivity index (χ3v) is 4.79. The lowest BCUT2D eigenvalue weighted by Gasteiger charge is -2.20. The number of amides is 2. The second-order valence-corrected chi connectivity index (χ2v) is 6.79. The first-order chi connectivity index (χ1) is 13.3. The van der Waals surface area contributed by atoms with Gasteiger partial charge in [-0.05, 0) is 44.0 Å². The van der Waals surface area contributed by atoms with Gasteiger partial charge in [-0.25, -0.2) is 4.98 Å². The van der Waals surface area contributed by atoms with E-state index in [1.165, 1.54) is 14.2 Å². The Hall–Kier alpha value is -3.16. The molecule has 1 aromatic carbocycles. The lowest BCUT2D eigenvalue weighted by molar-refractivity contribution is -0.117. The number of methoxy groups -OCH3 is 2. The first-order valence-corrected chi connectivity index (χ1v) is 9.02. The number of aromatic nitrogens is 2. The van der Waals surface area contributed by atoms with Crippen molar-refractivity contribution >= 4 is 23.2 Å². The van der Waals surface area contributed by atoms with Crippen LogP contribution < -0.4 is 19.7 Å². The molecule has 1 N–H and O–H groups in total. The normalized spacial score (nSPS) is 15.2. The number of hydrogen-bond acceptors (Lipinski definition) is 6. The maximum Gasteiger partial charge on any atom is 0.319 e. The third kappa shape index (κ3) is 3.76. The zero-order valence-corrected chi connectivity index (χ0v) is 16.7. The van der Waals surface area contributed by atoms with E-state index in [-0.39, 0.29) is 30.3 Å². The number of nitrogens with one attached hydrogen (secondary N) is 1. The van der Waals surface area contributed by atoms with Crippen molar-refractivity contribution in [3.63, 3.8) is 0 Å². The minimum absolute atomic E-state index is 0.0186. The molecule has 1 atom stereocenters. The van der Waals surface area contributed by atoms with Gasteiger partial charge in [-0.2, -0.15) is 4.98 Å². The summed E-state index contributed by atoms with van der Waals surface area (Å²) in [6.07, 6.45) is 0.837. The van der Waals surface area contributed by atoms with E-state index in [4.69, 9.17) is 9.47 Å². The minimum Gasteiger partial charge on any atom is -0.481 e. The van der Waals surface area contributed by atoms with E-state index in [1.54, 1.807) is 24.8 Å². The number of benzene rings is 1. The average Bonchev–Trinajstić information content (AvgIpc) is 2.98. The summed E-state index contributed by atoms with van der Waals surface area (Å²) in [6.45, 7) is 5.36. The van der Waals surface area contributed by atoms with Crippen LogP contribution in [0.15, 0.2) is 18.2 Å². The molecule has 0 radical (unpaired) electrons. The fraction of sp³-hybridized carbons (Fsp3) is 0.400. The summed E-state index contributed by atoms with van der Waals surface area (Å²) in [5, 5.41) is 2.90. The molecule has 148 valence electrons. The molecule has 1 aliphatic rings. The monoisotopic (exact) mass is 384 g/mol. The molecule has 0 saturated carbocycles. The molecule has 2 amide bonds. The quantitative estimate of drug-likeness (QED) is 0.850. The number of ether oxygens (including phenoxy) is 2. The summed E-state index contributed by atoms with van der Waals surface area (Å²) in [4.78, 5) is 34.6. The highest BCUT2D eigenvalue weighted by molar-refractivity contribution is 5.96. The Morgan fingerprint density at radius 1 is 1.25 bits per heavy atom. The number of hydrogen-bond donors (Lipinski definition) is 1. The third-order valence-electron chi connectivity index (χ3n) is 4.79. The fourth-order valence-electron chi connectivity index (χ4n) is 3.56. The zero-order valence-electron chi connectivity index (χ0n) is 16.7. The van der Waals surface area contributed by atoms with Gasteiger partial charge in [0.2, 0.25) is 17.7 Å². The molecule has 8 heteroatoms. The molecule has 2 aromatic rings. The van der Waals surface area contributed by atoms with Crippen LogP contribution >= 0.6 is 0 Å². The zero-order chi connectivity index (χ0) is 20.4. The van der Waals surface area contributed by atoms with Crippen molar-refractivity contribution in [1.82, 2.24) is 9.97 Å². The molecule has 1 aromatic heterocycles. The van der Waals surface area contributed by atoms with Gasteiger partial charge in [-0.15, -0.1) is 0 Å². The Labute approximate surface area is 163 Å². The van der Waals surface area contributed by atoms with E-state index >= 15 is 0 Å². The van der Waals surface area contributed by atoms with E-state index < -0.39 is 0 Å². The maximum atomic E-state index is 12.6. The summed E-state index contributed by atoms with van der Waals surface area (Å²) in [7, 11) is 2.97. The molecule has 8 nitrogen and oxygen atoms in total. The molecule has 0 unspecified atom stereocenters. The van der Waals surface area contributed by atoms with Crippen molar-refractivity contribution in [3.05, 3.63) is 35.0 Å². The van der Waals surface area contributed by atoms with Crippen LogP contribution in [0.3, 0.4) is 0 Å². The van der Waals surface area contributed by atoms with Gasteiger partial charge in [0, 0.05) is 29.9 Å². The number of rotatable bonds is 5. The molecular weight excluding hydrogens is 360 g/mol. The Balaban J connectivity index is 1.77. The SMILES string of the molecule is COc1nc(C)c(CC(=O)Nc2ccc3c(c2)C[C@H](C)N3C(C)=O)c(OC)n1. The van der Waals surface area contributed by atoms with Crippen LogP contribution in [0.1, 0.15) is 30.7 Å². The van der Waals surface area contributed by atoms with E-state index in [2.05, 4.69) is 15.3 Å². The van der Waals surface area contributed by atoms with Crippen molar-refractivity contribution in [2.45, 2.75) is 39.7 Å². The van der Waals surface area contributed by atoms with Crippen LogP contribution in [-0.2, 0) is 22.4 Å². The van der Waals surface area contributed by atoms with Gasteiger partial charge >= 0.3 is 6.01 Å². The van der Waals surface area contributed by atoms with E-state index in [1.807, 2.05) is 19.1 Å². The fourth-order valence-corrected chi connectivity index (χ4v) is 3.56. The predicted octanol–water partition coefficient (Wildman–Crippen LogP) is 2.28. The van der Waals surface area contributed by atoms with Crippen LogP contribution in [0.5, 0.6) is 11.9 Å². The first kappa shape index (κ1) is 19.6. The Morgan fingerprint density at radius 3 is 2.64 bits per heavy atom. The molecule has 0 saturated heterocycles. The molecule has 0 aliphatic carbocycles. The second kappa shape index (κ2) is 7.84. The smallest absolute Gasteiger partial charge is 0.319 e. The topological polar surface area (TPSA) is 93.7 Å². The molecule has 0 spiro atoms. The van der Waals surface area contributed by atoms with Crippen molar-refractivity contribution in [3.8, 4) is 11.9 Å². The van der Waals surface area contributed by atoms with Crippen molar-refractivity contribution in [2.24, 2.45) is 0 Å². The van der Waals surface area contributed by atoms with Gasteiger partial charge in [-0.1, -0.05) is 0 Å². The number of fused-ring (bicyclic) bond motifs is 1. The summed E-state index contributed by atoms with van der Waals surface area (Å²) in [6, 6.07) is 5.90.